The highest BCUT2D eigenvalue weighted by Crippen LogP contribution is 2.38. The molecule has 0 radical (unpaired) electrons. The van der Waals surface area contributed by atoms with Crippen LogP contribution >= 0.6 is 0 Å². The molecule has 0 fully saturated rings. The van der Waals surface area contributed by atoms with Gasteiger partial charge >= 0.3 is 6.18 Å². The van der Waals surface area contributed by atoms with E-state index in [-0.39, 0.29) is 22.6 Å². The van der Waals surface area contributed by atoms with Crippen LogP contribution in [0.25, 0.3) is 5.69 Å². The first kappa shape index (κ1) is 20.1. The fourth-order valence-electron chi connectivity index (χ4n) is 3.17. The van der Waals surface area contributed by atoms with Crippen LogP contribution in [0, 0.1) is 5.82 Å². The molecule has 31 heavy (non-hydrogen) atoms. The molecule has 2 amide bonds. The number of aromatic nitrogens is 1. The van der Waals surface area contributed by atoms with Crippen molar-refractivity contribution in [3.05, 3.63) is 81.4 Å². The van der Waals surface area contributed by atoms with E-state index >= 15 is 0 Å². The first-order chi connectivity index (χ1) is 14.6. The highest BCUT2D eigenvalue weighted by atomic mass is 19.4. The first-order valence-electron chi connectivity index (χ1n) is 8.62. The van der Waals surface area contributed by atoms with E-state index in [2.05, 4.69) is 0 Å². The number of nitrogen functional groups attached to an aromatic ring is 1. The van der Waals surface area contributed by atoms with Crippen molar-refractivity contribution < 1.29 is 31.9 Å². The molecule has 2 aromatic carbocycles. The molecule has 2 heterocycles. The second kappa shape index (κ2) is 6.97. The summed E-state index contributed by atoms with van der Waals surface area (Å²) in [5.74, 6) is -3.09. The second-order valence-electron chi connectivity index (χ2n) is 6.51. The Balaban J connectivity index is 1.87. The number of hydrogen-bond acceptors (Lipinski definition) is 5. The molecule has 0 atom stereocenters. The smallest absolute Gasteiger partial charge is 0.418 e. The predicted molar refractivity (Wildman–Crippen MR) is 99.7 cm³/mol. The van der Waals surface area contributed by atoms with E-state index in [1.807, 2.05) is 5.32 Å². The molecule has 0 saturated heterocycles. The number of hydrogen-bond donors (Lipinski definition) is 2. The highest BCUT2D eigenvalue weighted by molar-refractivity contribution is 6.23. The van der Waals surface area contributed by atoms with Gasteiger partial charge in [-0.3, -0.25) is 24.3 Å². The van der Waals surface area contributed by atoms with Gasteiger partial charge in [0, 0.05) is 6.07 Å². The third-order valence-electron chi connectivity index (χ3n) is 4.52. The molecule has 1 aromatic heterocycles. The molecule has 3 aromatic rings. The van der Waals surface area contributed by atoms with Gasteiger partial charge in [0.1, 0.15) is 23.1 Å². The van der Waals surface area contributed by atoms with Crippen molar-refractivity contribution >= 4 is 17.6 Å². The zero-order valence-corrected chi connectivity index (χ0v) is 15.3. The van der Waals surface area contributed by atoms with Crippen molar-refractivity contribution in [3.63, 3.8) is 0 Å². The van der Waals surface area contributed by atoms with Gasteiger partial charge in [-0.2, -0.15) is 13.2 Å². The fourth-order valence-corrected chi connectivity index (χ4v) is 3.17. The second-order valence-corrected chi connectivity index (χ2v) is 6.51. The standard InChI is InChI=1S/C20H11F4N3O4/c21-9-1-3-10(4-2-9)31-11-5-6-14(13(7-11)20(22,23)24)27-15(28)8-12-16(17(27)25)19(30)26-18(12)29/h1-8H,25H2,(H,26,29,30). The number of anilines is 1. The van der Waals surface area contributed by atoms with Gasteiger partial charge < -0.3 is 10.5 Å². The Morgan fingerprint density at radius 3 is 2.19 bits per heavy atom. The lowest BCUT2D eigenvalue weighted by atomic mass is 10.1. The first-order valence-corrected chi connectivity index (χ1v) is 8.62. The Morgan fingerprint density at radius 1 is 0.903 bits per heavy atom. The summed E-state index contributed by atoms with van der Waals surface area (Å²) in [4.78, 5) is 36.2. The Morgan fingerprint density at radius 2 is 1.55 bits per heavy atom. The van der Waals surface area contributed by atoms with E-state index in [0.29, 0.717) is 10.6 Å². The number of amides is 2. The van der Waals surface area contributed by atoms with Crippen LogP contribution in [0.2, 0.25) is 0 Å². The quantitative estimate of drug-likeness (QED) is 0.488. The monoisotopic (exact) mass is 433 g/mol. The Hall–Kier alpha value is -4.15. The van der Waals surface area contributed by atoms with Gasteiger partial charge in [-0.1, -0.05) is 0 Å². The Labute approximate surface area is 170 Å². The minimum absolute atomic E-state index is 0.0895. The van der Waals surface area contributed by atoms with Crippen LogP contribution in [0.1, 0.15) is 26.3 Å². The van der Waals surface area contributed by atoms with Crippen molar-refractivity contribution in [2.75, 3.05) is 5.73 Å². The van der Waals surface area contributed by atoms with E-state index in [0.717, 1.165) is 30.3 Å². The molecule has 0 unspecified atom stereocenters. The van der Waals surface area contributed by atoms with Crippen LogP contribution in [-0.2, 0) is 6.18 Å². The lowest BCUT2D eigenvalue weighted by Gasteiger charge is -2.18. The number of pyridine rings is 1. The number of imide groups is 1. The fraction of sp³-hybridized carbons (Fsp3) is 0.0500. The number of ether oxygens (including phenoxy) is 1. The summed E-state index contributed by atoms with van der Waals surface area (Å²) >= 11 is 0. The van der Waals surface area contributed by atoms with Crippen LogP contribution in [0.5, 0.6) is 11.5 Å². The molecule has 0 bridgehead atoms. The van der Waals surface area contributed by atoms with Crippen molar-refractivity contribution in [3.8, 4) is 17.2 Å². The molecule has 7 nitrogen and oxygen atoms in total. The maximum atomic E-state index is 13.8. The number of fused-ring (bicyclic) bond motifs is 1. The molecule has 4 rings (SSSR count). The summed E-state index contributed by atoms with van der Waals surface area (Å²) in [5.41, 5.74) is 2.17. The summed E-state index contributed by atoms with van der Waals surface area (Å²) in [6, 6.07) is 8.10. The normalized spacial score (nSPS) is 13.2. The van der Waals surface area contributed by atoms with Gasteiger partial charge in [-0.15, -0.1) is 0 Å². The van der Waals surface area contributed by atoms with Crippen molar-refractivity contribution in [1.29, 1.82) is 0 Å². The van der Waals surface area contributed by atoms with Gasteiger partial charge in [-0.25, -0.2) is 4.39 Å². The number of alkyl halides is 3. The highest BCUT2D eigenvalue weighted by Gasteiger charge is 2.37. The number of nitrogens with zero attached hydrogens (tertiary/aromatic N) is 1. The van der Waals surface area contributed by atoms with Crippen LogP contribution in [-0.4, -0.2) is 16.4 Å². The average Bonchev–Trinajstić information content (AvgIpc) is 2.97. The van der Waals surface area contributed by atoms with Crippen molar-refractivity contribution in [2.45, 2.75) is 6.18 Å². The molecule has 0 spiro atoms. The molecule has 3 N–H and O–H groups in total. The van der Waals surface area contributed by atoms with E-state index < -0.39 is 46.4 Å². The minimum atomic E-state index is -4.93. The van der Waals surface area contributed by atoms with Crippen molar-refractivity contribution in [2.24, 2.45) is 0 Å². The van der Waals surface area contributed by atoms with Gasteiger partial charge in [-0.05, 0) is 42.5 Å². The van der Waals surface area contributed by atoms with E-state index in [9.17, 15) is 31.9 Å². The maximum absolute atomic E-state index is 13.8. The third kappa shape index (κ3) is 3.50. The number of rotatable bonds is 3. The number of benzene rings is 2. The molecule has 158 valence electrons. The van der Waals surface area contributed by atoms with Crippen LogP contribution in [0.4, 0.5) is 23.4 Å². The predicted octanol–water partition coefficient (Wildman–Crippen LogP) is 3.25. The van der Waals surface area contributed by atoms with E-state index in [4.69, 9.17) is 10.5 Å². The number of carbonyl (C=O) groups excluding carboxylic acids is 2. The average molecular weight is 433 g/mol. The van der Waals surface area contributed by atoms with Crippen molar-refractivity contribution in [1.82, 2.24) is 9.88 Å². The van der Waals surface area contributed by atoms with Gasteiger partial charge in [0.05, 0.1) is 22.4 Å². The zero-order valence-electron chi connectivity index (χ0n) is 15.3. The Kier molecular flexibility index (Phi) is 4.53. The molecule has 1 aliphatic rings. The SMILES string of the molecule is Nc1c2c(cc(=O)n1-c1ccc(Oc3ccc(F)cc3)cc1C(F)(F)F)C(=O)NC2=O. The minimum Gasteiger partial charge on any atom is -0.457 e. The van der Waals surface area contributed by atoms with E-state index in [1.165, 1.54) is 12.1 Å². The topological polar surface area (TPSA) is 103 Å². The van der Waals surface area contributed by atoms with Gasteiger partial charge in [0.2, 0.25) is 0 Å². The number of halogens is 4. The van der Waals surface area contributed by atoms with Crippen LogP contribution in [0.15, 0.2) is 53.3 Å². The molecule has 1 aliphatic heterocycles. The van der Waals surface area contributed by atoms with Gasteiger partial charge in [0.15, 0.2) is 0 Å². The van der Waals surface area contributed by atoms with Gasteiger partial charge in [0.25, 0.3) is 17.4 Å². The van der Waals surface area contributed by atoms with E-state index in [1.54, 1.807) is 0 Å². The molecule has 0 saturated carbocycles. The lowest BCUT2D eigenvalue weighted by molar-refractivity contribution is -0.137. The summed E-state index contributed by atoms with van der Waals surface area (Å²) in [6.45, 7) is 0. The molecular formula is C20H11F4N3O4. The zero-order chi connectivity index (χ0) is 22.5. The van der Waals surface area contributed by atoms with Crippen LogP contribution in [0.3, 0.4) is 0 Å². The largest absolute Gasteiger partial charge is 0.457 e. The molecular weight excluding hydrogens is 422 g/mol. The summed E-state index contributed by atoms with van der Waals surface area (Å²) in [6.07, 6.45) is -4.93. The number of carbonyl (C=O) groups is 2. The van der Waals surface area contributed by atoms with Crippen LogP contribution < -0.4 is 21.3 Å². The number of nitrogens with two attached hydrogens (primary N) is 1. The summed E-state index contributed by atoms with van der Waals surface area (Å²) in [5, 5.41) is 1.94. The molecule has 11 heteroatoms. The lowest BCUT2D eigenvalue weighted by Crippen LogP contribution is -2.26. The maximum Gasteiger partial charge on any atom is 0.418 e. The summed E-state index contributed by atoms with van der Waals surface area (Å²) in [7, 11) is 0. The Bertz CT molecular complexity index is 1300. The summed E-state index contributed by atoms with van der Waals surface area (Å²) < 4.78 is 60.2. The third-order valence-corrected chi connectivity index (χ3v) is 4.52. The number of nitrogens with one attached hydrogen (secondary N) is 1. The molecule has 0 aliphatic carbocycles.